The molecule has 0 bridgehead atoms. The first-order valence-corrected chi connectivity index (χ1v) is 7.92. The molecular formula is C17H16N4O4S. The van der Waals surface area contributed by atoms with Crippen molar-refractivity contribution in [2.75, 3.05) is 10.6 Å². The average molecular weight is 372 g/mol. The van der Waals surface area contributed by atoms with E-state index in [4.69, 9.17) is 12.2 Å². The molecule has 2 aromatic carbocycles. The van der Waals surface area contributed by atoms with Crippen molar-refractivity contribution < 1.29 is 14.5 Å². The van der Waals surface area contributed by atoms with Crippen LogP contribution in [0.5, 0.6) is 0 Å². The van der Waals surface area contributed by atoms with E-state index in [1.807, 2.05) is 6.92 Å². The van der Waals surface area contributed by atoms with Gasteiger partial charge in [0.2, 0.25) is 5.91 Å². The molecule has 0 fully saturated rings. The molecule has 0 aliphatic carbocycles. The van der Waals surface area contributed by atoms with Crippen LogP contribution >= 0.6 is 12.2 Å². The number of anilines is 2. The summed E-state index contributed by atoms with van der Waals surface area (Å²) in [6, 6.07) is 10.8. The monoisotopic (exact) mass is 372 g/mol. The highest BCUT2D eigenvalue weighted by Gasteiger charge is 2.19. The molecule has 0 spiro atoms. The second-order valence-electron chi connectivity index (χ2n) is 5.39. The SMILES string of the molecule is CC(=O)Nc1cc(NC(=S)NC(=O)c2ccccc2[N+](=O)[O-])ccc1C. The summed E-state index contributed by atoms with van der Waals surface area (Å²) in [4.78, 5) is 33.8. The quantitative estimate of drug-likeness (QED) is 0.432. The lowest BCUT2D eigenvalue weighted by Crippen LogP contribution is -2.34. The van der Waals surface area contributed by atoms with Crippen LogP contribution in [0.2, 0.25) is 0 Å². The van der Waals surface area contributed by atoms with Gasteiger partial charge in [-0.25, -0.2) is 0 Å². The van der Waals surface area contributed by atoms with E-state index in [-0.39, 0.29) is 22.3 Å². The first-order chi connectivity index (χ1) is 12.3. The van der Waals surface area contributed by atoms with Crippen LogP contribution in [-0.4, -0.2) is 21.9 Å². The van der Waals surface area contributed by atoms with E-state index in [2.05, 4.69) is 16.0 Å². The fourth-order valence-corrected chi connectivity index (χ4v) is 2.39. The molecule has 0 radical (unpaired) electrons. The summed E-state index contributed by atoms with van der Waals surface area (Å²) in [5, 5.41) is 18.9. The lowest BCUT2D eigenvalue weighted by Gasteiger charge is -2.12. The molecule has 0 saturated carbocycles. The van der Waals surface area contributed by atoms with E-state index in [9.17, 15) is 19.7 Å². The van der Waals surface area contributed by atoms with Crippen LogP contribution in [0.4, 0.5) is 17.1 Å². The largest absolute Gasteiger partial charge is 0.332 e. The van der Waals surface area contributed by atoms with Crippen LogP contribution in [0.3, 0.4) is 0 Å². The van der Waals surface area contributed by atoms with E-state index in [1.54, 1.807) is 18.2 Å². The second kappa shape index (κ2) is 8.17. The minimum atomic E-state index is -0.691. The number of para-hydroxylation sites is 1. The summed E-state index contributed by atoms with van der Waals surface area (Å²) in [5.74, 6) is -0.901. The summed E-state index contributed by atoms with van der Waals surface area (Å²) in [5.41, 5.74) is 1.61. The third-order valence-corrected chi connectivity index (χ3v) is 3.58. The van der Waals surface area contributed by atoms with E-state index < -0.39 is 10.8 Å². The van der Waals surface area contributed by atoms with Gasteiger partial charge in [0.25, 0.3) is 11.6 Å². The number of carbonyl (C=O) groups is 2. The molecule has 0 aliphatic rings. The zero-order valence-corrected chi connectivity index (χ0v) is 14.8. The Morgan fingerprint density at radius 2 is 1.81 bits per heavy atom. The molecule has 9 heteroatoms. The number of nitro groups is 1. The number of hydrogen-bond donors (Lipinski definition) is 3. The third kappa shape index (κ3) is 4.84. The Balaban J connectivity index is 2.11. The lowest BCUT2D eigenvalue weighted by molar-refractivity contribution is -0.385. The number of amides is 2. The molecule has 0 atom stereocenters. The highest BCUT2D eigenvalue weighted by atomic mass is 32.1. The molecule has 0 heterocycles. The van der Waals surface area contributed by atoms with Gasteiger partial charge < -0.3 is 10.6 Å². The topological polar surface area (TPSA) is 113 Å². The predicted octanol–water partition coefficient (Wildman–Crippen LogP) is 2.99. The summed E-state index contributed by atoms with van der Waals surface area (Å²) in [7, 11) is 0. The van der Waals surface area contributed by atoms with Crippen molar-refractivity contribution in [3.8, 4) is 0 Å². The highest BCUT2D eigenvalue weighted by molar-refractivity contribution is 7.80. The van der Waals surface area contributed by atoms with Crippen LogP contribution in [0.25, 0.3) is 0 Å². The van der Waals surface area contributed by atoms with E-state index >= 15 is 0 Å². The van der Waals surface area contributed by atoms with E-state index in [0.29, 0.717) is 11.4 Å². The molecule has 0 aromatic heterocycles. The Bertz CT molecular complexity index is 898. The first-order valence-electron chi connectivity index (χ1n) is 7.52. The summed E-state index contributed by atoms with van der Waals surface area (Å²) in [6.45, 7) is 3.24. The van der Waals surface area contributed by atoms with Crippen LogP contribution in [0, 0.1) is 17.0 Å². The molecule has 2 rings (SSSR count). The van der Waals surface area contributed by atoms with Gasteiger partial charge in [0, 0.05) is 24.4 Å². The van der Waals surface area contributed by atoms with Gasteiger partial charge in [0.15, 0.2) is 5.11 Å². The number of aryl methyl sites for hydroxylation is 1. The van der Waals surface area contributed by atoms with Crippen LogP contribution in [0.1, 0.15) is 22.8 Å². The molecular weight excluding hydrogens is 356 g/mol. The number of thiocarbonyl (C=S) groups is 1. The molecule has 8 nitrogen and oxygen atoms in total. The van der Waals surface area contributed by atoms with E-state index in [0.717, 1.165) is 5.56 Å². The molecule has 134 valence electrons. The summed E-state index contributed by atoms with van der Waals surface area (Å²) in [6.07, 6.45) is 0. The molecule has 2 amide bonds. The maximum atomic E-state index is 12.2. The minimum absolute atomic E-state index is 0.0224. The number of benzene rings is 2. The van der Waals surface area contributed by atoms with Gasteiger partial charge in [0.05, 0.1) is 4.92 Å². The standard InChI is InChI=1S/C17H16N4O4S/c1-10-7-8-12(9-14(10)18-11(2)22)19-17(26)20-16(23)13-5-3-4-6-15(13)21(24)25/h3-9H,1-2H3,(H,18,22)(H2,19,20,23,26). The second-order valence-corrected chi connectivity index (χ2v) is 5.80. The van der Waals surface area contributed by atoms with E-state index in [1.165, 1.54) is 31.2 Å². The maximum absolute atomic E-state index is 12.2. The minimum Gasteiger partial charge on any atom is -0.332 e. The summed E-state index contributed by atoms with van der Waals surface area (Å²) >= 11 is 5.08. The fraction of sp³-hybridized carbons (Fsp3) is 0.118. The van der Waals surface area contributed by atoms with Crippen molar-refractivity contribution in [1.29, 1.82) is 0 Å². The van der Waals surface area contributed by atoms with Crippen molar-refractivity contribution in [3.05, 3.63) is 63.7 Å². The summed E-state index contributed by atoms with van der Waals surface area (Å²) < 4.78 is 0. The normalized spacial score (nSPS) is 9.92. The lowest BCUT2D eigenvalue weighted by atomic mass is 10.1. The number of nitrogens with zero attached hydrogens (tertiary/aromatic N) is 1. The smallest absolute Gasteiger partial charge is 0.282 e. The van der Waals surface area contributed by atoms with Crippen LogP contribution in [-0.2, 0) is 4.79 Å². The zero-order valence-electron chi connectivity index (χ0n) is 14.0. The molecule has 0 aliphatic heterocycles. The highest BCUT2D eigenvalue weighted by Crippen LogP contribution is 2.21. The van der Waals surface area contributed by atoms with Gasteiger partial charge in [-0.1, -0.05) is 18.2 Å². The number of carbonyl (C=O) groups excluding carboxylic acids is 2. The third-order valence-electron chi connectivity index (χ3n) is 3.38. The number of nitrogens with one attached hydrogen (secondary N) is 3. The van der Waals surface area contributed by atoms with Crippen LogP contribution in [0.15, 0.2) is 42.5 Å². The van der Waals surface area contributed by atoms with Crippen molar-refractivity contribution in [3.63, 3.8) is 0 Å². The Morgan fingerprint density at radius 1 is 1.12 bits per heavy atom. The van der Waals surface area contributed by atoms with Crippen molar-refractivity contribution >= 4 is 46.2 Å². The number of rotatable bonds is 4. The van der Waals surface area contributed by atoms with Crippen molar-refractivity contribution in [2.45, 2.75) is 13.8 Å². The molecule has 0 saturated heterocycles. The first kappa shape index (κ1) is 19.0. The zero-order chi connectivity index (χ0) is 19.3. The number of hydrogen-bond acceptors (Lipinski definition) is 5. The molecule has 3 N–H and O–H groups in total. The Kier molecular flexibility index (Phi) is 5.97. The van der Waals surface area contributed by atoms with Gasteiger partial charge in [-0.3, -0.25) is 25.0 Å². The molecule has 26 heavy (non-hydrogen) atoms. The molecule has 0 unspecified atom stereocenters. The predicted molar refractivity (Wildman–Crippen MR) is 102 cm³/mol. The van der Waals surface area contributed by atoms with Crippen molar-refractivity contribution in [2.24, 2.45) is 0 Å². The fourth-order valence-electron chi connectivity index (χ4n) is 2.18. The average Bonchev–Trinajstić information content (AvgIpc) is 2.57. The number of nitro benzene ring substituents is 1. The maximum Gasteiger partial charge on any atom is 0.282 e. The van der Waals surface area contributed by atoms with Crippen molar-refractivity contribution in [1.82, 2.24) is 5.32 Å². The van der Waals surface area contributed by atoms with Gasteiger partial charge in [0.1, 0.15) is 5.56 Å². The Labute approximate surface area is 154 Å². The van der Waals surface area contributed by atoms with Gasteiger partial charge in [-0.15, -0.1) is 0 Å². The van der Waals surface area contributed by atoms with Gasteiger partial charge >= 0.3 is 0 Å². The van der Waals surface area contributed by atoms with Crippen LogP contribution < -0.4 is 16.0 Å². The van der Waals surface area contributed by atoms with Gasteiger partial charge in [-0.2, -0.15) is 0 Å². The van der Waals surface area contributed by atoms with Gasteiger partial charge in [-0.05, 0) is 42.9 Å². The molecule has 2 aromatic rings. The Morgan fingerprint density at radius 3 is 2.46 bits per heavy atom. The Hall–Kier alpha value is -3.33.